The maximum Gasteiger partial charge on any atom is 0.206 e. The van der Waals surface area contributed by atoms with Gasteiger partial charge in [-0.05, 0) is 55.0 Å². The molecule has 5 heteroatoms. The molecule has 3 N–H and O–H groups in total. The quantitative estimate of drug-likeness (QED) is 0.830. The number of nitrogen functional groups attached to an aromatic ring is 1. The molecule has 0 heterocycles. The minimum Gasteiger partial charge on any atom is -0.399 e. The van der Waals surface area contributed by atoms with E-state index in [1.807, 2.05) is 0 Å². The van der Waals surface area contributed by atoms with Crippen LogP contribution in [0.1, 0.15) is 13.3 Å². The zero-order valence-corrected chi connectivity index (χ0v) is 12.2. The van der Waals surface area contributed by atoms with Crippen LogP contribution in [-0.4, -0.2) is 15.0 Å². The van der Waals surface area contributed by atoms with Crippen molar-refractivity contribution in [3.63, 3.8) is 0 Å². The molecule has 0 aliphatic carbocycles. The molecule has 0 saturated heterocycles. The Bertz CT molecular complexity index is 662. The number of nitrogens with two attached hydrogens (primary N) is 1. The summed E-state index contributed by atoms with van der Waals surface area (Å²) in [5.74, 6) is 0. The number of rotatable bonds is 5. The Hall–Kier alpha value is -2.01. The Balaban J connectivity index is 2.27. The Morgan fingerprint density at radius 1 is 0.950 bits per heavy atom. The SMILES string of the molecule is CCCNc1ccc(S(=O)(=O)c2ccc(N)cc2)cc1. The van der Waals surface area contributed by atoms with Gasteiger partial charge in [0.05, 0.1) is 9.79 Å². The van der Waals surface area contributed by atoms with Gasteiger partial charge in [-0.2, -0.15) is 0 Å². The smallest absolute Gasteiger partial charge is 0.206 e. The van der Waals surface area contributed by atoms with Gasteiger partial charge in [-0.25, -0.2) is 8.42 Å². The minimum absolute atomic E-state index is 0.251. The highest BCUT2D eigenvalue weighted by Gasteiger charge is 2.16. The lowest BCUT2D eigenvalue weighted by Gasteiger charge is -2.07. The first kappa shape index (κ1) is 14.4. The van der Waals surface area contributed by atoms with Crippen molar-refractivity contribution in [1.82, 2.24) is 0 Å². The van der Waals surface area contributed by atoms with E-state index in [0.29, 0.717) is 5.69 Å². The number of anilines is 2. The van der Waals surface area contributed by atoms with Gasteiger partial charge in [0.1, 0.15) is 0 Å². The van der Waals surface area contributed by atoms with Gasteiger partial charge in [0, 0.05) is 17.9 Å². The van der Waals surface area contributed by atoms with E-state index in [0.717, 1.165) is 18.7 Å². The Morgan fingerprint density at radius 3 is 1.95 bits per heavy atom. The molecule has 0 saturated carbocycles. The van der Waals surface area contributed by atoms with Gasteiger partial charge in [-0.15, -0.1) is 0 Å². The van der Waals surface area contributed by atoms with Crippen molar-refractivity contribution in [1.29, 1.82) is 0 Å². The summed E-state index contributed by atoms with van der Waals surface area (Å²) < 4.78 is 24.8. The van der Waals surface area contributed by atoms with Crippen molar-refractivity contribution >= 4 is 21.2 Å². The molecule has 0 aromatic heterocycles. The summed E-state index contributed by atoms with van der Waals surface area (Å²) in [5, 5.41) is 3.21. The van der Waals surface area contributed by atoms with E-state index in [-0.39, 0.29) is 9.79 Å². The van der Waals surface area contributed by atoms with Crippen molar-refractivity contribution < 1.29 is 8.42 Å². The third kappa shape index (κ3) is 3.11. The number of sulfone groups is 1. The van der Waals surface area contributed by atoms with Gasteiger partial charge in [0.25, 0.3) is 0 Å². The predicted molar refractivity (Wildman–Crippen MR) is 81.5 cm³/mol. The number of hydrogen-bond donors (Lipinski definition) is 2. The molecule has 2 rings (SSSR count). The van der Waals surface area contributed by atoms with Crippen LogP contribution in [0.5, 0.6) is 0 Å². The summed E-state index contributed by atoms with van der Waals surface area (Å²) in [5.41, 5.74) is 7.04. The van der Waals surface area contributed by atoms with Crippen LogP contribution in [0.2, 0.25) is 0 Å². The van der Waals surface area contributed by atoms with Crippen LogP contribution in [0.4, 0.5) is 11.4 Å². The highest BCUT2D eigenvalue weighted by Crippen LogP contribution is 2.23. The molecule has 0 fully saturated rings. The van der Waals surface area contributed by atoms with E-state index in [4.69, 9.17) is 5.73 Å². The van der Waals surface area contributed by atoms with Crippen molar-refractivity contribution in [3.05, 3.63) is 48.5 Å². The number of hydrogen-bond acceptors (Lipinski definition) is 4. The monoisotopic (exact) mass is 290 g/mol. The van der Waals surface area contributed by atoms with Crippen LogP contribution in [0.3, 0.4) is 0 Å². The first-order valence-corrected chi connectivity index (χ1v) is 7.97. The van der Waals surface area contributed by atoms with Gasteiger partial charge >= 0.3 is 0 Å². The van der Waals surface area contributed by atoms with Crippen LogP contribution in [0.15, 0.2) is 58.3 Å². The molecule has 106 valence electrons. The van der Waals surface area contributed by atoms with Crippen LogP contribution >= 0.6 is 0 Å². The summed E-state index contributed by atoms with van der Waals surface area (Å²) >= 11 is 0. The zero-order chi connectivity index (χ0) is 14.6. The second-order valence-corrected chi connectivity index (χ2v) is 6.47. The Morgan fingerprint density at radius 2 is 1.45 bits per heavy atom. The standard InChI is InChI=1S/C15H18N2O2S/c1-2-11-17-13-5-9-15(10-6-13)20(18,19)14-7-3-12(16)4-8-14/h3-10,17H,2,11,16H2,1H3. The molecule has 0 radical (unpaired) electrons. The van der Waals surface area contributed by atoms with Crippen molar-refractivity contribution in [2.75, 3.05) is 17.6 Å². The van der Waals surface area contributed by atoms with Crippen LogP contribution in [0, 0.1) is 0 Å². The summed E-state index contributed by atoms with van der Waals surface area (Å²) in [6.07, 6.45) is 1.02. The van der Waals surface area contributed by atoms with Crippen LogP contribution in [-0.2, 0) is 9.84 Å². The molecule has 0 unspecified atom stereocenters. The molecule has 0 amide bonds. The highest BCUT2D eigenvalue weighted by atomic mass is 32.2. The van der Waals surface area contributed by atoms with E-state index in [2.05, 4.69) is 12.2 Å². The van der Waals surface area contributed by atoms with E-state index in [1.54, 1.807) is 36.4 Å². The molecule has 2 aromatic carbocycles. The lowest BCUT2D eigenvalue weighted by atomic mass is 10.3. The second kappa shape index (κ2) is 5.96. The van der Waals surface area contributed by atoms with Crippen LogP contribution in [0.25, 0.3) is 0 Å². The molecule has 0 atom stereocenters. The van der Waals surface area contributed by atoms with Gasteiger partial charge < -0.3 is 11.1 Å². The fourth-order valence-electron chi connectivity index (χ4n) is 1.80. The molecule has 20 heavy (non-hydrogen) atoms. The molecular formula is C15H18N2O2S. The number of nitrogens with one attached hydrogen (secondary N) is 1. The first-order valence-electron chi connectivity index (χ1n) is 6.48. The number of benzene rings is 2. The normalized spacial score (nSPS) is 11.2. The molecule has 0 aliphatic heterocycles. The molecule has 4 nitrogen and oxygen atoms in total. The van der Waals surface area contributed by atoms with Crippen LogP contribution < -0.4 is 11.1 Å². The van der Waals surface area contributed by atoms with Gasteiger partial charge in [-0.1, -0.05) is 6.92 Å². The lowest BCUT2D eigenvalue weighted by Crippen LogP contribution is -2.03. The van der Waals surface area contributed by atoms with Crippen molar-refractivity contribution in [3.8, 4) is 0 Å². The molecule has 0 spiro atoms. The summed E-state index contributed by atoms with van der Waals surface area (Å²) in [4.78, 5) is 0.533. The molecule has 0 aliphatic rings. The topological polar surface area (TPSA) is 72.2 Å². The maximum absolute atomic E-state index is 12.4. The summed E-state index contributed by atoms with van der Waals surface area (Å²) in [7, 11) is -3.48. The summed E-state index contributed by atoms with van der Waals surface area (Å²) in [6, 6.07) is 13.0. The van der Waals surface area contributed by atoms with Gasteiger partial charge in [0.15, 0.2) is 0 Å². The second-order valence-electron chi connectivity index (χ2n) is 4.52. The average molecular weight is 290 g/mol. The summed E-state index contributed by atoms with van der Waals surface area (Å²) in [6.45, 7) is 2.94. The lowest BCUT2D eigenvalue weighted by molar-refractivity contribution is 0.596. The molecule has 0 bridgehead atoms. The largest absolute Gasteiger partial charge is 0.399 e. The predicted octanol–water partition coefficient (Wildman–Crippen LogP) is 2.92. The molecular weight excluding hydrogens is 272 g/mol. The van der Waals surface area contributed by atoms with E-state index >= 15 is 0 Å². The zero-order valence-electron chi connectivity index (χ0n) is 11.3. The van der Waals surface area contributed by atoms with E-state index in [1.165, 1.54) is 12.1 Å². The van der Waals surface area contributed by atoms with E-state index in [9.17, 15) is 8.42 Å². The molecule has 2 aromatic rings. The minimum atomic E-state index is -3.48. The third-order valence-corrected chi connectivity index (χ3v) is 4.72. The average Bonchev–Trinajstić information content (AvgIpc) is 2.46. The third-order valence-electron chi connectivity index (χ3n) is 2.93. The Labute approximate surface area is 119 Å². The fraction of sp³-hybridized carbons (Fsp3) is 0.200. The van der Waals surface area contributed by atoms with Crippen molar-refractivity contribution in [2.24, 2.45) is 0 Å². The van der Waals surface area contributed by atoms with Gasteiger partial charge in [-0.3, -0.25) is 0 Å². The Kier molecular flexibility index (Phi) is 4.29. The first-order chi connectivity index (χ1) is 9.54. The van der Waals surface area contributed by atoms with Gasteiger partial charge in [0.2, 0.25) is 9.84 Å². The fourth-order valence-corrected chi connectivity index (χ4v) is 3.07. The maximum atomic E-state index is 12.4. The van der Waals surface area contributed by atoms with E-state index < -0.39 is 9.84 Å². The van der Waals surface area contributed by atoms with Crippen molar-refractivity contribution in [2.45, 2.75) is 23.1 Å². The highest BCUT2D eigenvalue weighted by molar-refractivity contribution is 7.91.